The summed E-state index contributed by atoms with van der Waals surface area (Å²) in [6.45, 7) is 4.12. The Balaban J connectivity index is 1.49. The van der Waals surface area contributed by atoms with Crippen molar-refractivity contribution in [2.75, 3.05) is 0 Å². The number of carbonyl (C=O) groups is 1. The molecule has 0 radical (unpaired) electrons. The zero-order chi connectivity index (χ0) is 26.2. The number of halogens is 1. The fourth-order valence-electron chi connectivity index (χ4n) is 4.68. The van der Waals surface area contributed by atoms with Gasteiger partial charge in [-0.15, -0.1) is 0 Å². The van der Waals surface area contributed by atoms with E-state index in [0.717, 1.165) is 33.8 Å². The number of benzene rings is 3. The van der Waals surface area contributed by atoms with Crippen molar-refractivity contribution in [1.29, 1.82) is 0 Å². The van der Waals surface area contributed by atoms with Crippen LogP contribution in [0, 0.1) is 13.8 Å². The molecule has 0 aliphatic carbocycles. The minimum atomic E-state index is -0.364. The van der Waals surface area contributed by atoms with Gasteiger partial charge < -0.3 is 4.42 Å². The molecule has 1 atom stereocenters. The number of aryl methyl sites for hydroxylation is 2. The first-order valence-electron chi connectivity index (χ1n) is 12.4. The summed E-state index contributed by atoms with van der Waals surface area (Å²) in [5.41, 5.74) is 7.84. The average molecular weight is 565 g/mol. The lowest BCUT2D eigenvalue weighted by Gasteiger charge is -2.21. The zero-order valence-electron chi connectivity index (χ0n) is 21.0. The molecule has 188 valence electrons. The normalized spacial score (nSPS) is 15.1. The van der Waals surface area contributed by atoms with Crippen LogP contribution in [-0.2, 0) is 0 Å². The fourth-order valence-corrected chi connectivity index (χ4v) is 4.99. The lowest BCUT2D eigenvalue weighted by atomic mass is 9.96. The number of hydrazone groups is 1. The molecule has 6 rings (SSSR count). The fraction of sp³-hybridized carbons (Fsp3) is 0.129. The lowest BCUT2D eigenvalue weighted by molar-refractivity contribution is 0.0677. The molecule has 0 saturated carbocycles. The number of rotatable bonds is 5. The van der Waals surface area contributed by atoms with Gasteiger partial charge in [-0.2, -0.15) is 10.2 Å². The van der Waals surface area contributed by atoms with Gasteiger partial charge in [-0.25, -0.2) is 9.69 Å². The average Bonchev–Trinajstić information content (AvgIpc) is 3.68. The number of para-hydroxylation sites is 1. The Morgan fingerprint density at radius 3 is 2.16 bits per heavy atom. The van der Waals surface area contributed by atoms with Gasteiger partial charge in [-0.3, -0.25) is 4.79 Å². The number of amides is 1. The number of nitrogens with zero attached hydrogens (tertiary/aromatic N) is 4. The van der Waals surface area contributed by atoms with Crippen LogP contribution in [0.3, 0.4) is 0 Å². The van der Waals surface area contributed by atoms with E-state index in [1.54, 1.807) is 17.1 Å². The molecule has 2 aromatic heterocycles. The molecule has 38 heavy (non-hydrogen) atoms. The van der Waals surface area contributed by atoms with Gasteiger partial charge in [0.1, 0.15) is 0 Å². The predicted octanol–water partition coefficient (Wildman–Crippen LogP) is 7.50. The molecule has 5 aromatic rings. The van der Waals surface area contributed by atoms with Crippen LogP contribution in [0.25, 0.3) is 16.9 Å². The van der Waals surface area contributed by atoms with Crippen LogP contribution in [0.1, 0.15) is 45.3 Å². The molecule has 0 N–H and O–H groups in total. The number of aromatic nitrogens is 2. The van der Waals surface area contributed by atoms with Crippen molar-refractivity contribution in [3.63, 3.8) is 0 Å². The first kappa shape index (κ1) is 24.1. The summed E-state index contributed by atoms with van der Waals surface area (Å²) in [5, 5.41) is 11.4. The molecular formula is C31H25BrN4O2. The summed E-state index contributed by atoms with van der Waals surface area (Å²) in [6, 6.07) is 29.5. The Labute approximate surface area is 229 Å². The largest absolute Gasteiger partial charge is 0.444 e. The van der Waals surface area contributed by atoms with Crippen molar-refractivity contribution in [1.82, 2.24) is 14.8 Å². The zero-order valence-corrected chi connectivity index (χ0v) is 22.6. The molecule has 6 nitrogen and oxygen atoms in total. The number of furan rings is 1. The molecule has 3 aromatic carbocycles. The van der Waals surface area contributed by atoms with Crippen molar-refractivity contribution in [2.45, 2.75) is 26.3 Å². The third-order valence-electron chi connectivity index (χ3n) is 6.73. The summed E-state index contributed by atoms with van der Waals surface area (Å²) in [4.78, 5) is 13.7. The maximum atomic E-state index is 13.7. The molecule has 3 heterocycles. The van der Waals surface area contributed by atoms with E-state index in [2.05, 4.69) is 78.3 Å². The van der Waals surface area contributed by atoms with Crippen molar-refractivity contribution in [2.24, 2.45) is 5.10 Å². The first-order valence-corrected chi connectivity index (χ1v) is 13.2. The van der Waals surface area contributed by atoms with Crippen LogP contribution in [0.5, 0.6) is 0 Å². The highest BCUT2D eigenvalue weighted by Crippen LogP contribution is 2.39. The quantitative estimate of drug-likeness (QED) is 0.222. The predicted molar refractivity (Wildman–Crippen MR) is 151 cm³/mol. The smallest absolute Gasteiger partial charge is 0.310 e. The van der Waals surface area contributed by atoms with Gasteiger partial charge >= 0.3 is 5.91 Å². The second-order valence-corrected chi connectivity index (χ2v) is 10.2. The topological polar surface area (TPSA) is 63.6 Å². The van der Waals surface area contributed by atoms with E-state index in [1.807, 2.05) is 41.2 Å². The Hall–Kier alpha value is -4.23. The molecule has 7 heteroatoms. The van der Waals surface area contributed by atoms with E-state index in [1.165, 1.54) is 11.1 Å². The lowest BCUT2D eigenvalue weighted by Crippen LogP contribution is -2.27. The van der Waals surface area contributed by atoms with E-state index >= 15 is 0 Å². The summed E-state index contributed by atoms with van der Waals surface area (Å²) in [5.74, 6) is -0.0757. The minimum absolute atomic E-state index is 0.225. The van der Waals surface area contributed by atoms with Crippen LogP contribution >= 0.6 is 15.9 Å². The van der Waals surface area contributed by atoms with Gasteiger partial charge in [-0.05, 0) is 59.6 Å². The summed E-state index contributed by atoms with van der Waals surface area (Å²) < 4.78 is 8.01. The first-order chi connectivity index (χ1) is 18.5. The standard InChI is InChI=1S/C31H25BrN4O2/c1-20-8-12-22(13-9-20)26-18-27(36(33-26)31(37)28-16-17-29(32)38-28)25-19-35(24-6-4-3-5-7-24)34-30(25)23-14-10-21(2)11-15-23/h3-17,19,27H,18H2,1-2H3/t27-/m1/s1. The van der Waals surface area contributed by atoms with E-state index in [9.17, 15) is 4.79 Å². The highest BCUT2D eigenvalue weighted by atomic mass is 79.9. The third kappa shape index (κ3) is 4.61. The van der Waals surface area contributed by atoms with Crippen LogP contribution in [0.4, 0.5) is 0 Å². The van der Waals surface area contributed by atoms with Crippen molar-refractivity contribution in [3.8, 4) is 16.9 Å². The Morgan fingerprint density at radius 1 is 0.868 bits per heavy atom. The summed E-state index contributed by atoms with van der Waals surface area (Å²) in [7, 11) is 0. The molecule has 0 bridgehead atoms. The van der Waals surface area contributed by atoms with Crippen LogP contribution in [0.15, 0.2) is 111 Å². The van der Waals surface area contributed by atoms with Gasteiger partial charge in [0.05, 0.1) is 23.1 Å². The molecular weight excluding hydrogens is 540 g/mol. The monoisotopic (exact) mass is 564 g/mol. The van der Waals surface area contributed by atoms with Gasteiger partial charge in [0, 0.05) is 23.7 Å². The number of hydrogen-bond acceptors (Lipinski definition) is 4. The maximum Gasteiger partial charge on any atom is 0.310 e. The summed E-state index contributed by atoms with van der Waals surface area (Å²) in [6.07, 6.45) is 2.57. The Morgan fingerprint density at radius 2 is 1.53 bits per heavy atom. The molecule has 0 spiro atoms. The van der Waals surface area contributed by atoms with Gasteiger partial charge in [0.2, 0.25) is 0 Å². The molecule has 1 aliphatic heterocycles. The molecule has 1 aliphatic rings. The second kappa shape index (κ2) is 9.91. The highest BCUT2D eigenvalue weighted by molar-refractivity contribution is 9.10. The van der Waals surface area contributed by atoms with Gasteiger partial charge in [0.15, 0.2) is 10.4 Å². The third-order valence-corrected chi connectivity index (χ3v) is 7.16. The molecule has 0 unspecified atom stereocenters. The maximum absolute atomic E-state index is 13.7. The van der Waals surface area contributed by atoms with Crippen molar-refractivity contribution < 1.29 is 9.21 Å². The van der Waals surface area contributed by atoms with Crippen LogP contribution in [-0.4, -0.2) is 26.4 Å². The van der Waals surface area contributed by atoms with Crippen molar-refractivity contribution >= 4 is 27.5 Å². The van der Waals surface area contributed by atoms with Crippen LogP contribution in [0.2, 0.25) is 0 Å². The highest BCUT2D eigenvalue weighted by Gasteiger charge is 2.37. The van der Waals surface area contributed by atoms with Crippen LogP contribution < -0.4 is 0 Å². The van der Waals surface area contributed by atoms with E-state index in [0.29, 0.717) is 11.1 Å². The Kier molecular flexibility index (Phi) is 6.29. The number of hydrogen-bond donors (Lipinski definition) is 0. The van der Waals surface area contributed by atoms with E-state index in [-0.39, 0.29) is 17.7 Å². The minimum Gasteiger partial charge on any atom is -0.444 e. The SMILES string of the molecule is Cc1ccc(C2=NN(C(=O)c3ccc(Br)o3)[C@@H](c3cn(-c4ccccc4)nc3-c3ccc(C)cc3)C2)cc1. The second-order valence-electron chi connectivity index (χ2n) is 9.47. The van der Waals surface area contributed by atoms with E-state index < -0.39 is 0 Å². The molecule has 0 saturated heterocycles. The van der Waals surface area contributed by atoms with Crippen molar-refractivity contribution in [3.05, 3.63) is 130 Å². The number of carbonyl (C=O) groups excluding carboxylic acids is 1. The van der Waals surface area contributed by atoms with Gasteiger partial charge in [-0.1, -0.05) is 77.9 Å². The summed E-state index contributed by atoms with van der Waals surface area (Å²) >= 11 is 3.32. The van der Waals surface area contributed by atoms with E-state index in [4.69, 9.17) is 14.6 Å². The van der Waals surface area contributed by atoms with Gasteiger partial charge in [0.25, 0.3) is 0 Å². The molecule has 1 amide bonds. The molecule has 0 fully saturated rings. The Bertz CT molecular complexity index is 1630.